The third-order valence-corrected chi connectivity index (χ3v) is 0.881. The summed E-state index contributed by atoms with van der Waals surface area (Å²) in [7, 11) is 0. The minimum absolute atomic E-state index is 0.248. The molecule has 0 amide bonds. The molecule has 3 N–H and O–H groups in total. The zero-order valence-electron chi connectivity index (χ0n) is 5.13. The predicted molar refractivity (Wildman–Crippen MR) is 29.1 cm³/mol. The molecule has 62 valence electrons. The summed E-state index contributed by atoms with van der Waals surface area (Å²) < 4.78 is 34.9. The maximum Gasteiger partial charge on any atom is 0.506 e. The van der Waals surface area contributed by atoms with Gasteiger partial charge in [0, 0.05) is 0 Å². The van der Waals surface area contributed by atoms with Gasteiger partial charge in [-0.2, -0.15) is 9.67 Å². The first-order chi connectivity index (χ1) is 5.04. The Labute approximate surface area is 59.0 Å². The molecule has 1 rings (SSSR count). The number of nitrogens with two attached hydrogens (primary N) is 1. The van der Waals surface area contributed by atoms with Gasteiger partial charge in [0.05, 0.1) is 0 Å². The molecule has 0 aromatic carbocycles. The summed E-state index contributed by atoms with van der Waals surface area (Å²) in [5.74, 6) is 4.48. The van der Waals surface area contributed by atoms with Crippen LogP contribution in [0.3, 0.4) is 0 Å². The number of hydrogen-bond donors (Lipinski definition) is 2. The van der Waals surface area contributed by atoms with Crippen molar-refractivity contribution in [2.75, 3.05) is 5.43 Å². The Hall–Kier alpha value is -1.31. The number of nitrogen functional groups attached to an aromatic ring is 1. The lowest BCUT2D eigenvalue weighted by molar-refractivity contribution is -0.212. The molecule has 0 saturated carbocycles. The van der Waals surface area contributed by atoms with E-state index in [1.165, 1.54) is 0 Å². The van der Waals surface area contributed by atoms with Crippen LogP contribution in [-0.4, -0.2) is 14.8 Å². The van der Waals surface area contributed by atoms with Crippen LogP contribution in [0.1, 0.15) is 0 Å². The van der Waals surface area contributed by atoms with Gasteiger partial charge in [0.2, 0.25) is 0 Å². The average Bonchev–Trinajstić information content (AvgIpc) is 2.32. The largest absolute Gasteiger partial charge is 0.506 e. The fourth-order valence-electron chi connectivity index (χ4n) is 0.451. The number of aromatic nitrogens is 3. The van der Waals surface area contributed by atoms with Gasteiger partial charge in [-0.05, 0) is 0 Å². The summed E-state index contributed by atoms with van der Waals surface area (Å²) in [6.07, 6.45) is -4.02. The molecule has 0 spiro atoms. The van der Waals surface area contributed by atoms with E-state index >= 15 is 0 Å². The molecule has 0 saturated heterocycles. The molecule has 0 aliphatic rings. The van der Waals surface area contributed by atoms with Crippen LogP contribution >= 0.6 is 0 Å². The van der Waals surface area contributed by atoms with E-state index in [-0.39, 0.29) is 10.6 Å². The number of rotatable bonds is 1. The molecule has 5 nitrogen and oxygen atoms in total. The van der Waals surface area contributed by atoms with Gasteiger partial charge in [0.25, 0.3) is 5.95 Å². The van der Waals surface area contributed by atoms with Crippen molar-refractivity contribution >= 4 is 5.95 Å². The van der Waals surface area contributed by atoms with Gasteiger partial charge in [0.1, 0.15) is 6.33 Å². The lowest BCUT2D eigenvalue weighted by Crippen LogP contribution is -2.18. The number of hydrazine groups is 1. The van der Waals surface area contributed by atoms with Crippen molar-refractivity contribution in [2.45, 2.75) is 6.30 Å². The molecule has 0 unspecified atom stereocenters. The second-order valence-corrected chi connectivity index (χ2v) is 1.62. The van der Waals surface area contributed by atoms with Crippen molar-refractivity contribution in [1.82, 2.24) is 14.8 Å². The van der Waals surface area contributed by atoms with Crippen LogP contribution in [0.4, 0.5) is 19.1 Å². The fraction of sp³-hybridized carbons (Fsp3) is 0.333. The normalized spacial score (nSPS) is 11.6. The second kappa shape index (κ2) is 2.38. The zero-order valence-corrected chi connectivity index (χ0v) is 5.13. The van der Waals surface area contributed by atoms with Crippen LogP contribution in [0.15, 0.2) is 6.33 Å². The summed E-state index contributed by atoms with van der Waals surface area (Å²) in [6.45, 7) is 0. The highest BCUT2D eigenvalue weighted by atomic mass is 19.4. The highest BCUT2D eigenvalue weighted by Crippen LogP contribution is 2.20. The third kappa shape index (κ3) is 1.58. The van der Waals surface area contributed by atoms with E-state index in [1.54, 1.807) is 0 Å². The Balaban J connectivity index is 2.89. The molecule has 0 bridgehead atoms. The van der Waals surface area contributed by atoms with Gasteiger partial charge >= 0.3 is 6.30 Å². The standard InChI is InChI=1S/C3H4F3N5/c4-3(5,6)11-1-8-2(9-7)10-11/h1H,7H2,(H,9,10). The number of halogens is 3. The fourth-order valence-corrected chi connectivity index (χ4v) is 0.451. The second-order valence-electron chi connectivity index (χ2n) is 1.62. The van der Waals surface area contributed by atoms with E-state index < -0.39 is 6.30 Å². The summed E-state index contributed by atoms with van der Waals surface area (Å²) in [5.41, 5.74) is 1.88. The number of nitrogens with one attached hydrogen (secondary N) is 1. The minimum Gasteiger partial charge on any atom is -0.291 e. The molecule has 0 radical (unpaired) electrons. The maximum absolute atomic E-state index is 11.7. The van der Waals surface area contributed by atoms with Crippen LogP contribution in [0.2, 0.25) is 0 Å². The highest BCUT2D eigenvalue weighted by molar-refractivity contribution is 5.17. The molecular weight excluding hydrogens is 163 g/mol. The van der Waals surface area contributed by atoms with Crippen molar-refractivity contribution in [3.8, 4) is 0 Å². The molecule has 0 aliphatic carbocycles. The Bertz CT molecular complexity index is 239. The quantitative estimate of drug-likeness (QED) is 0.457. The van der Waals surface area contributed by atoms with Crippen molar-refractivity contribution in [2.24, 2.45) is 5.84 Å². The van der Waals surface area contributed by atoms with Crippen LogP contribution in [0, 0.1) is 0 Å². The van der Waals surface area contributed by atoms with E-state index in [4.69, 9.17) is 5.84 Å². The first-order valence-corrected chi connectivity index (χ1v) is 2.49. The SMILES string of the molecule is NNc1ncn(C(F)(F)F)n1. The monoisotopic (exact) mass is 167 g/mol. The molecule has 0 atom stereocenters. The van der Waals surface area contributed by atoms with Crippen molar-refractivity contribution in [1.29, 1.82) is 0 Å². The van der Waals surface area contributed by atoms with Gasteiger partial charge in [-0.3, -0.25) is 5.43 Å². The van der Waals surface area contributed by atoms with Gasteiger partial charge in [0.15, 0.2) is 0 Å². The van der Waals surface area contributed by atoms with E-state index in [1.807, 2.05) is 5.43 Å². The van der Waals surface area contributed by atoms with Gasteiger partial charge in [-0.15, -0.1) is 18.3 Å². The summed E-state index contributed by atoms with van der Waals surface area (Å²) in [6, 6.07) is 0. The van der Waals surface area contributed by atoms with Crippen molar-refractivity contribution in [3.05, 3.63) is 6.33 Å². The molecular formula is C3H4F3N5. The van der Waals surface area contributed by atoms with Crippen molar-refractivity contribution < 1.29 is 13.2 Å². The third-order valence-electron chi connectivity index (χ3n) is 0.881. The molecule has 1 aromatic heterocycles. The van der Waals surface area contributed by atoms with Gasteiger partial charge in [-0.25, -0.2) is 5.84 Å². The molecule has 1 aromatic rings. The van der Waals surface area contributed by atoms with E-state index in [9.17, 15) is 13.2 Å². The molecule has 0 fully saturated rings. The van der Waals surface area contributed by atoms with E-state index in [0.717, 1.165) is 0 Å². The first-order valence-electron chi connectivity index (χ1n) is 2.49. The lowest BCUT2D eigenvalue weighted by atomic mass is 11.1. The zero-order chi connectivity index (χ0) is 8.48. The van der Waals surface area contributed by atoms with Crippen LogP contribution < -0.4 is 11.3 Å². The molecule has 1 heterocycles. The van der Waals surface area contributed by atoms with Gasteiger partial charge in [-0.1, -0.05) is 0 Å². The Morgan fingerprint density at radius 1 is 1.55 bits per heavy atom. The number of nitrogens with zero attached hydrogens (tertiary/aromatic N) is 3. The number of hydrogen-bond acceptors (Lipinski definition) is 4. The minimum atomic E-state index is -4.54. The Morgan fingerprint density at radius 3 is 2.45 bits per heavy atom. The topological polar surface area (TPSA) is 68.8 Å². The van der Waals surface area contributed by atoms with Crippen molar-refractivity contribution in [3.63, 3.8) is 0 Å². The van der Waals surface area contributed by atoms with E-state index in [0.29, 0.717) is 6.33 Å². The molecule has 0 aliphatic heterocycles. The summed E-state index contributed by atoms with van der Waals surface area (Å²) in [5, 5.41) is 2.94. The molecule has 11 heavy (non-hydrogen) atoms. The Morgan fingerprint density at radius 2 is 2.18 bits per heavy atom. The number of alkyl halides is 3. The average molecular weight is 167 g/mol. The Kier molecular flexibility index (Phi) is 1.69. The van der Waals surface area contributed by atoms with Crippen LogP contribution in [0.25, 0.3) is 0 Å². The van der Waals surface area contributed by atoms with E-state index in [2.05, 4.69) is 10.1 Å². The number of anilines is 1. The highest BCUT2D eigenvalue weighted by Gasteiger charge is 2.32. The lowest BCUT2D eigenvalue weighted by Gasteiger charge is -2.02. The summed E-state index contributed by atoms with van der Waals surface area (Å²) >= 11 is 0. The van der Waals surface area contributed by atoms with Crippen LogP contribution in [0.5, 0.6) is 0 Å². The van der Waals surface area contributed by atoms with Crippen LogP contribution in [-0.2, 0) is 6.30 Å². The first kappa shape index (κ1) is 7.79. The van der Waals surface area contributed by atoms with Gasteiger partial charge < -0.3 is 0 Å². The maximum atomic E-state index is 11.7. The predicted octanol–water partition coefficient (Wildman–Crippen LogP) is 0.0400. The summed E-state index contributed by atoms with van der Waals surface area (Å²) in [4.78, 5) is 3.20. The molecule has 8 heteroatoms. The smallest absolute Gasteiger partial charge is 0.291 e.